The van der Waals surface area contributed by atoms with Crippen LogP contribution in [0.15, 0.2) is 72.8 Å². The van der Waals surface area contributed by atoms with Crippen molar-refractivity contribution in [3.8, 4) is 23.0 Å². The molecule has 1 N–H and O–H groups in total. The predicted molar refractivity (Wildman–Crippen MR) is 115 cm³/mol. The van der Waals surface area contributed by atoms with Crippen molar-refractivity contribution in [3.63, 3.8) is 0 Å². The van der Waals surface area contributed by atoms with E-state index in [1.54, 1.807) is 50.6 Å². The third-order valence-electron chi connectivity index (χ3n) is 4.34. The Labute approximate surface area is 180 Å². The molecule has 0 bridgehead atoms. The largest absolute Gasteiger partial charge is 0.493 e. The van der Waals surface area contributed by atoms with Crippen molar-refractivity contribution in [2.45, 2.75) is 6.54 Å². The number of carbonyl (C=O) groups is 2. The molecule has 3 aromatic rings. The van der Waals surface area contributed by atoms with Crippen LogP contribution in [0.1, 0.15) is 15.9 Å². The molecule has 0 heterocycles. The summed E-state index contributed by atoms with van der Waals surface area (Å²) < 4.78 is 21.2. The molecule has 0 atom stereocenters. The molecule has 0 aromatic heterocycles. The first kappa shape index (κ1) is 21.7. The molecule has 3 aromatic carbocycles. The number of nitrogens with one attached hydrogen (secondary N) is 1. The lowest BCUT2D eigenvalue weighted by molar-refractivity contribution is -0.124. The van der Waals surface area contributed by atoms with Crippen molar-refractivity contribution in [2.75, 3.05) is 20.8 Å². The van der Waals surface area contributed by atoms with Gasteiger partial charge in [0.2, 0.25) is 0 Å². The van der Waals surface area contributed by atoms with Crippen LogP contribution in [0.4, 0.5) is 0 Å². The maximum absolute atomic E-state index is 12.2. The fourth-order valence-corrected chi connectivity index (χ4v) is 2.74. The topological polar surface area (TPSA) is 83.1 Å². The van der Waals surface area contributed by atoms with Crippen LogP contribution in [-0.4, -0.2) is 32.7 Å². The zero-order valence-corrected chi connectivity index (χ0v) is 17.3. The molecule has 0 radical (unpaired) electrons. The molecule has 0 unspecified atom stereocenters. The summed E-state index contributed by atoms with van der Waals surface area (Å²) in [6.45, 7) is -0.114. The van der Waals surface area contributed by atoms with Crippen molar-refractivity contribution in [3.05, 3.63) is 83.9 Å². The minimum Gasteiger partial charge on any atom is -0.493 e. The number of para-hydroxylation sites is 1. The molecule has 3 rings (SSSR count). The van der Waals surface area contributed by atoms with Gasteiger partial charge in [0.25, 0.3) is 5.91 Å². The third-order valence-corrected chi connectivity index (χ3v) is 4.34. The summed E-state index contributed by atoms with van der Waals surface area (Å²) in [4.78, 5) is 24.2. The fourth-order valence-electron chi connectivity index (χ4n) is 2.74. The van der Waals surface area contributed by atoms with E-state index in [-0.39, 0.29) is 13.2 Å². The highest BCUT2D eigenvalue weighted by molar-refractivity contribution is 5.91. The number of amides is 1. The maximum Gasteiger partial charge on any atom is 0.338 e. The highest BCUT2D eigenvalue weighted by Gasteiger charge is 2.11. The summed E-state index contributed by atoms with van der Waals surface area (Å²) in [7, 11) is 3.09. The number of esters is 1. The summed E-state index contributed by atoms with van der Waals surface area (Å²) in [5, 5.41) is 2.70. The van der Waals surface area contributed by atoms with Crippen LogP contribution in [-0.2, 0) is 16.1 Å². The van der Waals surface area contributed by atoms with Gasteiger partial charge in [0, 0.05) is 6.54 Å². The molecule has 7 nitrogen and oxygen atoms in total. The van der Waals surface area contributed by atoms with E-state index in [1.807, 2.05) is 36.4 Å². The molecule has 0 aliphatic carbocycles. The molecule has 0 aliphatic rings. The lowest BCUT2D eigenvalue weighted by Crippen LogP contribution is -2.28. The highest BCUT2D eigenvalue weighted by Crippen LogP contribution is 2.27. The van der Waals surface area contributed by atoms with Crippen LogP contribution < -0.4 is 19.5 Å². The molecule has 7 heteroatoms. The summed E-state index contributed by atoms with van der Waals surface area (Å²) in [5.74, 6) is 1.46. The van der Waals surface area contributed by atoms with Crippen LogP contribution in [0.25, 0.3) is 0 Å². The maximum atomic E-state index is 12.2. The minimum atomic E-state index is -0.590. The van der Waals surface area contributed by atoms with Crippen LogP contribution in [0.2, 0.25) is 0 Å². The second kappa shape index (κ2) is 10.7. The number of hydrogen-bond donors (Lipinski definition) is 1. The number of hydrogen-bond acceptors (Lipinski definition) is 6. The molecule has 1 amide bonds. The van der Waals surface area contributed by atoms with Crippen molar-refractivity contribution >= 4 is 11.9 Å². The molecular weight excluding hydrogens is 398 g/mol. The Balaban J connectivity index is 1.46. The molecule has 0 saturated carbocycles. The van der Waals surface area contributed by atoms with E-state index in [0.29, 0.717) is 28.6 Å². The first-order valence-corrected chi connectivity index (χ1v) is 9.56. The van der Waals surface area contributed by atoms with Crippen LogP contribution >= 0.6 is 0 Å². The average molecular weight is 421 g/mol. The lowest BCUT2D eigenvalue weighted by Gasteiger charge is -2.11. The van der Waals surface area contributed by atoms with Gasteiger partial charge in [-0.2, -0.15) is 0 Å². The number of ether oxygens (including phenoxy) is 4. The van der Waals surface area contributed by atoms with Crippen molar-refractivity contribution in [2.24, 2.45) is 0 Å². The second-order valence-corrected chi connectivity index (χ2v) is 6.48. The number of rotatable bonds is 9. The number of methoxy groups -OCH3 is 2. The molecule has 0 aliphatic heterocycles. The number of benzene rings is 3. The summed E-state index contributed by atoms with van der Waals surface area (Å²) in [6, 6.07) is 21.2. The van der Waals surface area contributed by atoms with Gasteiger partial charge in [0.05, 0.1) is 19.8 Å². The standard InChI is InChI=1S/C24H23NO6/c1-28-21-13-8-17(14-22(21)29-2)15-25-23(26)16-30-24(27)18-9-11-20(12-10-18)31-19-6-4-3-5-7-19/h3-14H,15-16H2,1-2H3,(H,25,26). The number of carbonyl (C=O) groups excluding carboxylic acids is 2. The Kier molecular flexibility index (Phi) is 7.48. The molecule has 0 fully saturated rings. The van der Waals surface area contributed by atoms with Crippen molar-refractivity contribution in [1.82, 2.24) is 5.32 Å². The summed E-state index contributed by atoms with van der Waals surface area (Å²) in [6.07, 6.45) is 0. The summed E-state index contributed by atoms with van der Waals surface area (Å²) >= 11 is 0. The first-order valence-electron chi connectivity index (χ1n) is 9.56. The predicted octanol–water partition coefficient (Wildman–Crippen LogP) is 3.97. The van der Waals surface area contributed by atoms with E-state index < -0.39 is 11.9 Å². The van der Waals surface area contributed by atoms with Gasteiger partial charge in [-0.15, -0.1) is 0 Å². The SMILES string of the molecule is COc1ccc(CNC(=O)COC(=O)c2ccc(Oc3ccccc3)cc2)cc1OC. The van der Waals surface area contributed by atoms with Crippen molar-refractivity contribution in [1.29, 1.82) is 0 Å². The summed E-state index contributed by atoms with van der Waals surface area (Å²) in [5.41, 5.74) is 1.15. The van der Waals surface area contributed by atoms with Gasteiger partial charge < -0.3 is 24.3 Å². The average Bonchev–Trinajstić information content (AvgIpc) is 2.82. The normalized spacial score (nSPS) is 10.1. The fraction of sp³-hybridized carbons (Fsp3) is 0.167. The highest BCUT2D eigenvalue weighted by atomic mass is 16.5. The Morgan fingerprint density at radius 1 is 0.806 bits per heavy atom. The quantitative estimate of drug-likeness (QED) is 0.527. The zero-order valence-electron chi connectivity index (χ0n) is 17.3. The van der Waals surface area contributed by atoms with E-state index in [2.05, 4.69) is 5.32 Å². The van der Waals surface area contributed by atoms with Gasteiger partial charge in [0.1, 0.15) is 11.5 Å². The van der Waals surface area contributed by atoms with E-state index in [9.17, 15) is 9.59 Å². The van der Waals surface area contributed by atoms with Crippen LogP contribution in [0, 0.1) is 0 Å². The monoisotopic (exact) mass is 421 g/mol. The van der Waals surface area contributed by atoms with Crippen molar-refractivity contribution < 1.29 is 28.5 Å². The van der Waals surface area contributed by atoms with Gasteiger partial charge in [-0.1, -0.05) is 24.3 Å². The first-order chi connectivity index (χ1) is 15.1. The van der Waals surface area contributed by atoms with E-state index in [0.717, 1.165) is 5.56 Å². The minimum absolute atomic E-state index is 0.266. The van der Waals surface area contributed by atoms with Gasteiger partial charge in [0.15, 0.2) is 18.1 Å². The third kappa shape index (κ3) is 6.24. The zero-order chi connectivity index (χ0) is 22.1. The molecule has 31 heavy (non-hydrogen) atoms. The van der Waals surface area contributed by atoms with Crippen LogP contribution in [0.3, 0.4) is 0 Å². The van der Waals surface area contributed by atoms with E-state index in [1.165, 1.54) is 0 Å². The Morgan fingerprint density at radius 3 is 2.16 bits per heavy atom. The van der Waals surface area contributed by atoms with Gasteiger partial charge in [-0.3, -0.25) is 4.79 Å². The van der Waals surface area contributed by atoms with Gasteiger partial charge >= 0.3 is 5.97 Å². The second-order valence-electron chi connectivity index (χ2n) is 6.48. The van der Waals surface area contributed by atoms with Gasteiger partial charge in [-0.25, -0.2) is 4.79 Å². The molecule has 0 saturated heterocycles. The molecule has 160 valence electrons. The Morgan fingerprint density at radius 2 is 1.48 bits per heavy atom. The van der Waals surface area contributed by atoms with E-state index >= 15 is 0 Å². The van der Waals surface area contributed by atoms with E-state index in [4.69, 9.17) is 18.9 Å². The molecule has 0 spiro atoms. The lowest BCUT2D eigenvalue weighted by atomic mass is 10.2. The molecular formula is C24H23NO6. The smallest absolute Gasteiger partial charge is 0.338 e. The van der Waals surface area contributed by atoms with Gasteiger partial charge in [-0.05, 0) is 54.1 Å². The van der Waals surface area contributed by atoms with Crippen LogP contribution in [0.5, 0.6) is 23.0 Å². The Hall–Kier alpha value is -4.00. The Bertz CT molecular complexity index is 1020.